The minimum Gasteiger partial charge on any atom is -0.435 e. The number of hydrazine groups is 1. The topological polar surface area (TPSA) is 128 Å². The van der Waals surface area contributed by atoms with E-state index in [1.807, 2.05) is 0 Å². The number of carbonyl (C=O) groups excluding carboxylic acids is 1. The van der Waals surface area contributed by atoms with Gasteiger partial charge in [-0.05, 0) is 24.3 Å². The Morgan fingerprint density at radius 1 is 1.08 bits per heavy atom. The lowest BCUT2D eigenvalue weighted by Crippen LogP contribution is -2.30. The van der Waals surface area contributed by atoms with E-state index in [9.17, 15) is 4.79 Å². The van der Waals surface area contributed by atoms with Gasteiger partial charge in [0.25, 0.3) is 5.91 Å². The molecule has 0 saturated carbocycles. The largest absolute Gasteiger partial charge is 0.435 e. The van der Waals surface area contributed by atoms with Crippen LogP contribution in [-0.4, -0.2) is 25.8 Å². The Morgan fingerprint density at radius 3 is 2.75 bits per heavy atom. The van der Waals surface area contributed by atoms with E-state index in [4.69, 9.17) is 10.5 Å². The van der Waals surface area contributed by atoms with Crippen LogP contribution in [0.25, 0.3) is 0 Å². The summed E-state index contributed by atoms with van der Waals surface area (Å²) < 4.78 is 5.54. The minimum absolute atomic E-state index is 0.141. The normalized spacial score (nSPS) is 10.0. The van der Waals surface area contributed by atoms with Crippen LogP contribution in [0.5, 0.6) is 11.6 Å². The maximum absolute atomic E-state index is 11.9. The fraction of sp³-hybridized carbons (Fsp3) is 0. The Labute approximate surface area is 136 Å². The highest BCUT2D eigenvalue weighted by Gasteiger charge is 2.12. The summed E-state index contributed by atoms with van der Waals surface area (Å²) in [6.45, 7) is 0. The van der Waals surface area contributed by atoms with Crippen LogP contribution in [0.2, 0.25) is 0 Å². The maximum atomic E-state index is 11.9. The number of amides is 1. The molecule has 0 aliphatic heterocycles. The molecule has 3 aromatic heterocycles. The van der Waals surface area contributed by atoms with Crippen LogP contribution in [0.3, 0.4) is 0 Å². The second kappa shape index (κ2) is 7.01. The monoisotopic (exact) mass is 323 g/mol. The number of hydrogen-bond donors (Lipinski definition) is 3. The van der Waals surface area contributed by atoms with Gasteiger partial charge in [0.2, 0.25) is 5.88 Å². The van der Waals surface area contributed by atoms with E-state index in [0.29, 0.717) is 5.75 Å². The fourth-order valence-corrected chi connectivity index (χ4v) is 1.76. The van der Waals surface area contributed by atoms with E-state index in [1.54, 1.807) is 36.5 Å². The van der Waals surface area contributed by atoms with Crippen molar-refractivity contribution in [2.24, 2.45) is 0 Å². The number of carbonyl (C=O) groups is 1. The molecular weight excluding hydrogens is 310 g/mol. The van der Waals surface area contributed by atoms with Gasteiger partial charge in [-0.2, -0.15) is 4.98 Å². The number of rotatable bonds is 5. The van der Waals surface area contributed by atoms with E-state index in [0.717, 1.165) is 0 Å². The van der Waals surface area contributed by atoms with Crippen LogP contribution >= 0.6 is 0 Å². The third-order valence-electron chi connectivity index (χ3n) is 2.89. The van der Waals surface area contributed by atoms with Gasteiger partial charge >= 0.3 is 0 Å². The van der Waals surface area contributed by atoms with Crippen molar-refractivity contribution in [3.63, 3.8) is 0 Å². The number of nitrogens with two attached hydrogens (primary N) is 1. The summed E-state index contributed by atoms with van der Waals surface area (Å²) in [7, 11) is 0. The van der Waals surface area contributed by atoms with Crippen molar-refractivity contribution in [3.05, 3.63) is 60.9 Å². The number of hydrogen-bond acceptors (Lipinski definition) is 8. The van der Waals surface area contributed by atoms with Gasteiger partial charge in [0, 0.05) is 12.4 Å². The average molecular weight is 323 g/mol. The molecule has 0 aliphatic rings. The first-order chi connectivity index (χ1) is 11.7. The van der Waals surface area contributed by atoms with E-state index in [1.165, 1.54) is 18.7 Å². The molecule has 0 fully saturated rings. The summed E-state index contributed by atoms with van der Waals surface area (Å²) >= 11 is 0. The Hall–Kier alpha value is -3.75. The summed E-state index contributed by atoms with van der Waals surface area (Å²) in [6.07, 6.45) is 5.93. The molecule has 0 spiro atoms. The van der Waals surface area contributed by atoms with Gasteiger partial charge in [-0.15, -0.1) is 0 Å². The standard InChI is InChI=1S/C15H13N7O2/c16-12-13(21-22-14(23)11-5-1-2-7-18-11)19-9-20-15(12)24-10-4-3-6-17-8-10/h1-9H,16H2,(H,22,23)(H,19,20,21). The number of aromatic nitrogens is 4. The molecule has 4 N–H and O–H groups in total. The third kappa shape index (κ3) is 3.53. The molecular formula is C15H13N7O2. The molecule has 0 bridgehead atoms. The lowest BCUT2D eigenvalue weighted by molar-refractivity contribution is 0.0957. The van der Waals surface area contributed by atoms with Gasteiger partial charge in [-0.3, -0.25) is 25.6 Å². The predicted molar refractivity (Wildman–Crippen MR) is 86.1 cm³/mol. The molecule has 0 saturated heterocycles. The van der Waals surface area contributed by atoms with Crippen molar-refractivity contribution < 1.29 is 9.53 Å². The van der Waals surface area contributed by atoms with Crippen molar-refractivity contribution in [2.75, 3.05) is 11.2 Å². The summed E-state index contributed by atoms with van der Waals surface area (Å²) in [6, 6.07) is 8.44. The van der Waals surface area contributed by atoms with Gasteiger partial charge in [-0.25, -0.2) is 4.98 Å². The molecule has 9 heteroatoms. The summed E-state index contributed by atoms with van der Waals surface area (Å²) in [5.41, 5.74) is 11.4. The predicted octanol–water partition coefficient (Wildman–Crippen LogP) is 1.40. The highest BCUT2D eigenvalue weighted by atomic mass is 16.5. The second-order valence-electron chi connectivity index (χ2n) is 4.53. The Kier molecular flexibility index (Phi) is 4.43. The molecule has 0 unspecified atom stereocenters. The number of anilines is 2. The summed E-state index contributed by atoms with van der Waals surface area (Å²) in [5, 5.41) is 0. The Bertz CT molecular complexity index is 828. The maximum Gasteiger partial charge on any atom is 0.288 e. The minimum atomic E-state index is -0.427. The highest BCUT2D eigenvalue weighted by molar-refractivity contribution is 5.93. The van der Waals surface area contributed by atoms with Crippen molar-refractivity contribution >= 4 is 17.4 Å². The zero-order valence-electron chi connectivity index (χ0n) is 12.4. The fourth-order valence-electron chi connectivity index (χ4n) is 1.76. The van der Waals surface area contributed by atoms with Crippen LogP contribution in [0.15, 0.2) is 55.2 Å². The second-order valence-corrected chi connectivity index (χ2v) is 4.53. The number of ether oxygens (including phenoxy) is 1. The van der Waals surface area contributed by atoms with Crippen LogP contribution < -0.4 is 21.3 Å². The molecule has 0 aliphatic carbocycles. The highest BCUT2D eigenvalue weighted by Crippen LogP contribution is 2.28. The Morgan fingerprint density at radius 2 is 2.00 bits per heavy atom. The van der Waals surface area contributed by atoms with E-state index >= 15 is 0 Å². The van der Waals surface area contributed by atoms with Crippen LogP contribution in [0.1, 0.15) is 10.5 Å². The summed E-state index contributed by atoms with van der Waals surface area (Å²) in [4.78, 5) is 27.8. The molecule has 3 aromatic rings. The van der Waals surface area contributed by atoms with Crippen LogP contribution in [-0.2, 0) is 0 Å². The molecule has 0 atom stereocenters. The molecule has 24 heavy (non-hydrogen) atoms. The zero-order chi connectivity index (χ0) is 16.8. The van der Waals surface area contributed by atoms with E-state index in [2.05, 4.69) is 30.8 Å². The molecule has 0 radical (unpaired) electrons. The lowest BCUT2D eigenvalue weighted by atomic mass is 10.3. The smallest absolute Gasteiger partial charge is 0.288 e. The lowest BCUT2D eigenvalue weighted by Gasteiger charge is -2.12. The van der Waals surface area contributed by atoms with Gasteiger partial charge in [0.15, 0.2) is 5.82 Å². The average Bonchev–Trinajstić information content (AvgIpc) is 2.64. The third-order valence-corrected chi connectivity index (χ3v) is 2.89. The van der Waals surface area contributed by atoms with E-state index < -0.39 is 5.91 Å². The molecule has 3 heterocycles. The van der Waals surface area contributed by atoms with Gasteiger partial charge in [-0.1, -0.05) is 6.07 Å². The molecule has 0 aromatic carbocycles. The number of nitrogen functional groups attached to an aromatic ring is 1. The van der Waals surface area contributed by atoms with Crippen molar-refractivity contribution in [2.45, 2.75) is 0 Å². The quantitative estimate of drug-likeness (QED) is 0.601. The van der Waals surface area contributed by atoms with Gasteiger partial charge in [0.1, 0.15) is 23.5 Å². The first-order valence-electron chi connectivity index (χ1n) is 6.90. The van der Waals surface area contributed by atoms with Crippen LogP contribution in [0.4, 0.5) is 11.5 Å². The van der Waals surface area contributed by atoms with Crippen molar-refractivity contribution in [1.82, 2.24) is 25.4 Å². The van der Waals surface area contributed by atoms with Crippen LogP contribution in [0, 0.1) is 0 Å². The number of pyridine rings is 2. The molecule has 9 nitrogen and oxygen atoms in total. The van der Waals surface area contributed by atoms with Gasteiger partial charge < -0.3 is 10.5 Å². The molecule has 3 rings (SSSR count). The summed E-state index contributed by atoms with van der Waals surface area (Å²) in [5.74, 6) is 0.399. The molecule has 120 valence electrons. The first-order valence-corrected chi connectivity index (χ1v) is 6.90. The van der Waals surface area contributed by atoms with Crippen molar-refractivity contribution in [3.8, 4) is 11.6 Å². The first kappa shape index (κ1) is 15.2. The zero-order valence-corrected chi connectivity index (χ0v) is 12.4. The molecule has 1 amide bonds. The number of nitrogens with one attached hydrogen (secondary N) is 2. The SMILES string of the molecule is Nc1c(NNC(=O)c2ccccn2)ncnc1Oc1cccnc1. The van der Waals surface area contributed by atoms with E-state index in [-0.39, 0.29) is 23.1 Å². The van der Waals surface area contributed by atoms with Gasteiger partial charge in [0.05, 0.1) is 6.20 Å². The van der Waals surface area contributed by atoms with Crippen molar-refractivity contribution in [1.29, 1.82) is 0 Å². The Balaban J connectivity index is 1.70. The number of nitrogens with zero attached hydrogens (tertiary/aromatic N) is 4.